The highest BCUT2D eigenvalue weighted by molar-refractivity contribution is 6.02. The minimum atomic E-state index is -0.641. The molecule has 6 heteroatoms. The smallest absolute Gasteiger partial charge is 0.338 e. The number of Topliss-reactive ketones (excluding diaryl/α,β-unsaturated/α-hetero) is 1. The molecule has 0 bridgehead atoms. The quantitative estimate of drug-likeness (QED) is 0.347. The van der Waals surface area contributed by atoms with Crippen LogP contribution in [0.1, 0.15) is 41.0 Å². The van der Waals surface area contributed by atoms with E-state index in [4.69, 9.17) is 4.74 Å². The van der Waals surface area contributed by atoms with Crippen LogP contribution >= 0.6 is 0 Å². The number of nitrogens with zero attached hydrogens (tertiary/aromatic N) is 1. The molecule has 0 aromatic heterocycles. The van der Waals surface area contributed by atoms with Crippen LogP contribution in [0.25, 0.3) is 0 Å². The Hall–Kier alpha value is -2.24. The maximum atomic E-state index is 11.6. The first-order chi connectivity index (χ1) is 8.51. The van der Waals surface area contributed by atoms with E-state index >= 15 is 0 Å². The second kappa shape index (κ2) is 5.90. The molecule has 0 aliphatic carbocycles. The number of hydrogen-bond donors (Lipinski definition) is 0. The van der Waals surface area contributed by atoms with Gasteiger partial charge in [-0.05, 0) is 19.1 Å². The van der Waals surface area contributed by atoms with E-state index in [1.165, 1.54) is 12.1 Å². The number of nitro groups is 1. The summed E-state index contributed by atoms with van der Waals surface area (Å²) >= 11 is 0. The van der Waals surface area contributed by atoms with Crippen molar-refractivity contribution in [1.82, 2.24) is 0 Å². The van der Waals surface area contributed by atoms with E-state index < -0.39 is 10.9 Å². The number of ketones is 1. The first-order valence-electron chi connectivity index (χ1n) is 5.50. The molecule has 18 heavy (non-hydrogen) atoms. The van der Waals surface area contributed by atoms with Gasteiger partial charge in [-0.15, -0.1) is 0 Å². The molecule has 0 radical (unpaired) electrons. The highest BCUT2D eigenvalue weighted by Gasteiger charge is 2.21. The number of nitro benzene ring substituents is 1. The van der Waals surface area contributed by atoms with E-state index in [0.717, 1.165) is 6.07 Å². The minimum absolute atomic E-state index is 0.0620. The van der Waals surface area contributed by atoms with Crippen LogP contribution in [0.5, 0.6) is 0 Å². The molecule has 0 unspecified atom stereocenters. The number of carbonyl (C=O) groups is 2. The zero-order chi connectivity index (χ0) is 13.7. The van der Waals surface area contributed by atoms with Gasteiger partial charge < -0.3 is 4.74 Å². The molecule has 0 atom stereocenters. The van der Waals surface area contributed by atoms with E-state index in [2.05, 4.69) is 0 Å². The standard InChI is InChI=1S/C12H13NO5/c1-3-11(14)9-7-8(12(15)18-4-2)5-6-10(9)13(16)17/h5-7H,3-4H2,1-2H3. The Morgan fingerprint density at radius 2 is 2.00 bits per heavy atom. The van der Waals surface area contributed by atoms with Crippen molar-refractivity contribution >= 4 is 17.4 Å². The van der Waals surface area contributed by atoms with Crippen LogP contribution in [-0.2, 0) is 4.74 Å². The van der Waals surface area contributed by atoms with Crippen LogP contribution in [0.4, 0.5) is 5.69 Å². The zero-order valence-electron chi connectivity index (χ0n) is 10.1. The summed E-state index contributed by atoms with van der Waals surface area (Å²) in [6.45, 7) is 3.46. The Morgan fingerprint density at radius 3 is 2.50 bits per heavy atom. The van der Waals surface area contributed by atoms with Crippen LogP contribution < -0.4 is 0 Å². The van der Waals surface area contributed by atoms with Gasteiger partial charge in [0.25, 0.3) is 5.69 Å². The summed E-state index contributed by atoms with van der Waals surface area (Å²) < 4.78 is 4.78. The maximum Gasteiger partial charge on any atom is 0.338 e. The molecule has 1 aromatic rings. The first kappa shape index (κ1) is 13.8. The monoisotopic (exact) mass is 251 g/mol. The fourth-order valence-electron chi connectivity index (χ4n) is 1.45. The Bertz CT molecular complexity index is 495. The summed E-state index contributed by atoms with van der Waals surface area (Å²) in [6, 6.07) is 3.64. The summed E-state index contributed by atoms with van der Waals surface area (Å²) in [5.74, 6) is -0.981. The van der Waals surface area contributed by atoms with Crippen molar-refractivity contribution in [2.45, 2.75) is 20.3 Å². The van der Waals surface area contributed by atoms with Crippen molar-refractivity contribution in [3.8, 4) is 0 Å². The Kier molecular flexibility index (Phi) is 4.53. The molecule has 0 saturated heterocycles. The number of carbonyl (C=O) groups excluding carboxylic acids is 2. The zero-order valence-corrected chi connectivity index (χ0v) is 10.1. The van der Waals surface area contributed by atoms with E-state index in [-0.39, 0.29) is 35.6 Å². The molecule has 0 fully saturated rings. The van der Waals surface area contributed by atoms with Gasteiger partial charge in [-0.1, -0.05) is 6.92 Å². The number of ether oxygens (including phenoxy) is 1. The summed E-state index contributed by atoms with van der Waals surface area (Å²) in [5.41, 5.74) is -0.220. The van der Waals surface area contributed by atoms with E-state index in [0.29, 0.717) is 0 Å². The second-order valence-corrected chi connectivity index (χ2v) is 3.49. The first-order valence-corrected chi connectivity index (χ1v) is 5.50. The Morgan fingerprint density at radius 1 is 1.33 bits per heavy atom. The van der Waals surface area contributed by atoms with E-state index in [1.807, 2.05) is 0 Å². The Balaban J connectivity index is 3.25. The molecule has 96 valence electrons. The van der Waals surface area contributed by atoms with E-state index in [1.54, 1.807) is 13.8 Å². The molecule has 6 nitrogen and oxygen atoms in total. The SMILES string of the molecule is CCOC(=O)c1ccc([N+](=O)[O-])c(C(=O)CC)c1. The van der Waals surface area contributed by atoms with Crippen LogP contribution in [0, 0.1) is 10.1 Å². The normalized spacial score (nSPS) is 9.89. The Labute approximate surface area is 104 Å². The van der Waals surface area contributed by atoms with Crippen LogP contribution in [0.3, 0.4) is 0 Å². The molecule has 0 saturated carbocycles. The molecule has 0 aliphatic heterocycles. The molecule has 0 heterocycles. The third kappa shape index (κ3) is 2.91. The van der Waals surface area contributed by atoms with Crippen molar-refractivity contribution in [3.63, 3.8) is 0 Å². The predicted molar refractivity (Wildman–Crippen MR) is 63.7 cm³/mol. The van der Waals surface area contributed by atoms with Gasteiger partial charge >= 0.3 is 5.97 Å². The van der Waals surface area contributed by atoms with Gasteiger partial charge in [-0.25, -0.2) is 4.79 Å². The molecule has 0 amide bonds. The summed E-state index contributed by atoms with van der Waals surface area (Å²) in [6.07, 6.45) is 0.132. The van der Waals surface area contributed by atoms with Gasteiger partial charge in [0.05, 0.1) is 22.7 Å². The molecular weight excluding hydrogens is 238 g/mol. The topological polar surface area (TPSA) is 86.5 Å². The largest absolute Gasteiger partial charge is 0.462 e. The van der Waals surface area contributed by atoms with Gasteiger partial charge in [0.2, 0.25) is 0 Å². The number of esters is 1. The van der Waals surface area contributed by atoms with Crippen molar-refractivity contribution in [1.29, 1.82) is 0 Å². The molecular formula is C12H13NO5. The average Bonchev–Trinajstić information content (AvgIpc) is 2.37. The van der Waals surface area contributed by atoms with Gasteiger partial charge in [0.15, 0.2) is 5.78 Å². The van der Waals surface area contributed by atoms with E-state index in [9.17, 15) is 19.7 Å². The fraction of sp³-hybridized carbons (Fsp3) is 0.333. The lowest BCUT2D eigenvalue weighted by molar-refractivity contribution is -0.385. The van der Waals surface area contributed by atoms with Gasteiger partial charge in [-0.2, -0.15) is 0 Å². The van der Waals surface area contributed by atoms with Crippen LogP contribution in [0.15, 0.2) is 18.2 Å². The van der Waals surface area contributed by atoms with Gasteiger partial charge in [0, 0.05) is 12.5 Å². The lowest BCUT2D eigenvalue weighted by Gasteiger charge is -2.04. The third-order valence-corrected chi connectivity index (χ3v) is 2.33. The number of hydrogen-bond acceptors (Lipinski definition) is 5. The van der Waals surface area contributed by atoms with Crippen LogP contribution in [0.2, 0.25) is 0 Å². The predicted octanol–water partition coefficient (Wildman–Crippen LogP) is 2.36. The highest BCUT2D eigenvalue weighted by Crippen LogP contribution is 2.22. The minimum Gasteiger partial charge on any atom is -0.462 e. The molecule has 1 aromatic carbocycles. The highest BCUT2D eigenvalue weighted by atomic mass is 16.6. The lowest BCUT2D eigenvalue weighted by Crippen LogP contribution is -2.08. The molecule has 0 spiro atoms. The molecule has 0 aliphatic rings. The van der Waals surface area contributed by atoms with Crippen molar-refractivity contribution in [2.24, 2.45) is 0 Å². The molecule has 0 N–H and O–H groups in total. The van der Waals surface area contributed by atoms with Crippen molar-refractivity contribution in [3.05, 3.63) is 39.4 Å². The van der Waals surface area contributed by atoms with Gasteiger partial charge in [0.1, 0.15) is 0 Å². The van der Waals surface area contributed by atoms with Crippen molar-refractivity contribution in [2.75, 3.05) is 6.61 Å². The average molecular weight is 251 g/mol. The number of rotatable bonds is 5. The molecule has 1 rings (SSSR count). The third-order valence-electron chi connectivity index (χ3n) is 2.33. The maximum absolute atomic E-state index is 11.6. The summed E-state index contributed by atoms with van der Waals surface area (Å²) in [7, 11) is 0. The second-order valence-electron chi connectivity index (χ2n) is 3.49. The van der Waals surface area contributed by atoms with Crippen LogP contribution in [-0.4, -0.2) is 23.3 Å². The summed E-state index contributed by atoms with van der Waals surface area (Å²) in [4.78, 5) is 33.2. The summed E-state index contributed by atoms with van der Waals surface area (Å²) in [5, 5.41) is 10.8. The van der Waals surface area contributed by atoms with Gasteiger partial charge in [-0.3, -0.25) is 14.9 Å². The van der Waals surface area contributed by atoms with Crippen molar-refractivity contribution < 1.29 is 19.2 Å². The fourth-order valence-corrected chi connectivity index (χ4v) is 1.45. The number of benzene rings is 1. The lowest BCUT2D eigenvalue weighted by atomic mass is 10.0.